The Labute approximate surface area is 172 Å². The molecule has 1 fully saturated rings. The molecule has 2 amide bonds. The number of rotatable bonds is 7. The van der Waals surface area contributed by atoms with Crippen molar-refractivity contribution in [1.82, 2.24) is 14.8 Å². The van der Waals surface area contributed by atoms with Crippen LogP contribution in [0.1, 0.15) is 38.2 Å². The van der Waals surface area contributed by atoms with Gasteiger partial charge >= 0.3 is 0 Å². The molecule has 6 nitrogen and oxygen atoms in total. The van der Waals surface area contributed by atoms with Crippen molar-refractivity contribution in [2.24, 2.45) is 11.0 Å². The number of hydrogen-bond acceptors (Lipinski definition) is 4. The number of carbonyl (C=O) groups is 2. The molecule has 0 bridgehead atoms. The second-order valence-corrected chi connectivity index (χ2v) is 8.00. The van der Waals surface area contributed by atoms with Crippen LogP contribution in [0.25, 0.3) is 0 Å². The van der Waals surface area contributed by atoms with Gasteiger partial charge in [0.05, 0.1) is 0 Å². The van der Waals surface area contributed by atoms with Crippen LogP contribution in [-0.4, -0.2) is 72.1 Å². The van der Waals surface area contributed by atoms with Crippen molar-refractivity contribution in [2.45, 2.75) is 39.0 Å². The highest BCUT2D eigenvalue weighted by Crippen LogP contribution is 2.19. The van der Waals surface area contributed by atoms with Crippen LogP contribution in [0, 0.1) is 11.7 Å². The number of likely N-dealkylation sites (tertiary alicyclic amines) is 1. The highest BCUT2D eigenvalue weighted by atomic mass is 19.1. The number of carbonyl (C=O) groups excluding carboxylic acids is 2. The van der Waals surface area contributed by atoms with Gasteiger partial charge in [0.2, 0.25) is 5.91 Å². The highest BCUT2D eigenvalue weighted by Gasteiger charge is 2.28. The molecule has 2 heterocycles. The molecule has 1 unspecified atom stereocenters. The van der Waals surface area contributed by atoms with Crippen molar-refractivity contribution in [3.8, 4) is 0 Å². The molecule has 0 aliphatic carbocycles. The summed E-state index contributed by atoms with van der Waals surface area (Å²) in [6.07, 6.45) is 3.81. The van der Waals surface area contributed by atoms with Crippen LogP contribution >= 0.6 is 0 Å². The molecule has 0 spiro atoms. The van der Waals surface area contributed by atoms with Gasteiger partial charge in [-0.1, -0.05) is 12.1 Å². The Kier molecular flexibility index (Phi) is 7.36. The average molecular weight is 403 g/mol. The molecule has 2 aliphatic heterocycles. The molecule has 3 rings (SSSR count). The fourth-order valence-electron chi connectivity index (χ4n) is 4.16. The van der Waals surface area contributed by atoms with E-state index in [9.17, 15) is 14.0 Å². The molecule has 7 heteroatoms. The van der Waals surface area contributed by atoms with Crippen molar-refractivity contribution in [1.29, 1.82) is 0 Å². The van der Waals surface area contributed by atoms with Gasteiger partial charge in [-0.2, -0.15) is 5.10 Å². The van der Waals surface area contributed by atoms with Gasteiger partial charge < -0.3 is 9.80 Å². The largest absolute Gasteiger partial charge is 0.337 e. The van der Waals surface area contributed by atoms with Gasteiger partial charge in [0.25, 0.3) is 5.91 Å². The summed E-state index contributed by atoms with van der Waals surface area (Å²) in [6.45, 7) is 6.23. The fourth-order valence-corrected chi connectivity index (χ4v) is 4.16. The third kappa shape index (κ3) is 5.85. The maximum atomic E-state index is 13.4. The van der Waals surface area contributed by atoms with Gasteiger partial charge in [-0.25, -0.2) is 9.40 Å². The lowest BCUT2D eigenvalue weighted by atomic mass is 9.96. The maximum Gasteiger partial charge on any atom is 0.270 e. The molecular weight excluding hydrogens is 371 g/mol. The van der Waals surface area contributed by atoms with Crippen molar-refractivity contribution >= 4 is 17.5 Å². The van der Waals surface area contributed by atoms with Gasteiger partial charge in [0, 0.05) is 46.1 Å². The SMILES string of the molecule is CCN(CC1CCCN(CCc2cccc(F)c2)C1)C(=O)C1=NN(C)C(=O)CC1. The Morgan fingerprint density at radius 1 is 1.34 bits per heavy atom. The molecule has 0 radical (unpaired) electrons. The molecule has 1 atom stereocenters. The number of hydrazone groups is 1. The minimum Gasteiger partial charge on any atom is -0.337 e. The number of amides is 2. The minimum atomic E-state index is -0.186. The van der Waals surface area contributed by atoms with E-state index in [0.29, 0.717) is 37.6 Å². The summed E-state index contributed by atoms with van der Waals surface area (Å²) in [4.78, 5) is 28.8. The standard InChI is InChI=1S/C22H31FN4O2/c1-3-27(22(29)20-9-10-21(28)25(2)24-20)16-18-7-5-12-26(15-18)13-11-17-6-4-8-19(23)14-17/h4,6,8,14,18H,3,5,7,9-13,15-16H2,1-2H3. The van der Waals surface area contributed by atoms with Gasteiger partial charge in [-0.3, -0.25) is 9.59 Å². The van der Waals surface area contributed by atoms with Gasteiger partial charge in [-0.05, 0) is 56.3 Å². The van der Waals surface area contributed by atoms with E-state index < -0.39 is 0 Å². The van der Waals surface area contributed by atoms with Crippen LogP contribution < -0.4 is 0 Å². The summed E-state index contributed by atoms with van der Waals surface area (Å²) in [5.41, 5.74) is 1.50. The zero-order valence-electron chi connectivity index (χ0n) is 17.4. The molecule has 0 saturated carbocycles. The van der Waals surface area contributed by atoms with Crippen LogP contribution in [0.15, 0.2) is 29.4 Å². The summed E-state index contributed by atoms with van der Waals surface area (Å²) >= 11 is 0. The van der Waals surface area contributed by atoms with E-state index in [2.05, 4.69) is 10.0 Å². The molecule has 0 aromatic heterocycles. The van der Waals surface area contributed by atoms with Crippen LogP contribution in [0.5, 0.6) is 0 Å². The van der Waals surface area contributed by atoms with Gasteiger partial charge in [-0.15, -0.1) is 0 Å². The van der Waals surface area contributed by atoms with E-state index in [1.165, 1.54) is 11.1 Å². The number of nitrogens with zero attached hydrogens (tertiary/aromatic N) is 4. The number of halogens is 1. The highest BCUT2D eigenvalue weighted by molar-refractivity contribution is 6.39. The van der Waals surface area contributed by atoms with E-state index in [1.54, 1.807) is 19.2 Å². The summed E-state index contributed by atoms with van der Waals surface area (Å²) in [6, 6.07) is 6.80. The Morgan fingerprint density at radius 3 is 2.90 bits per heavy atom. The second-order valence-electron chi connectivity index (χ2n) is 8.00. The second kappa shape index (κ2) is 9.96. The lowest BCUT2D eigenvalue weighted by Gasteiger charge is -2.36. The molecular formula is C22H31FN4O2. The Morgan fingerprint density at radius 2 is 2.17 bits per heavy atom. The van der Waals surface area contributed by atoms with E-state index >= 15 is 0 Å². The first-order valence-electron chi connectivity index (χ1n) is 10.6. The first kappa shape index (κ1) is 21.4. The first-order valence-corrected chi connectivity index (χ1v) is 10.6. The van der Waals surface area contributed by atoms with Crippen molar-refractivity contribution < 1.29 is 14.0 Å². The number of piperidine rings is 1. The lowest BCUT2D eigenvalue weighted by molar-refractivity contribution is -0.130. The quantitative estimate of drug-likeness (QED) is 0.704. The van der Waals surface area contributed by atoms with Crippen molar-refractivity contribution in [3.05, 3.63) is 35.6 Å². The van der Waals surface area contributed by atoms with E-state index in [4.69, 9.17) is 0 Å². The topological polar surface area (TPSA) is 56.2 Å². The van der Waals surface area contributed by atoms with E-state index in [-0.39, 0.29) is 17.6 Å². The predicted octanol–water partition coefficient (Wildman–Crippen LogP) is 2.54. The van der Waals surface area contributed by atoms with Crippen LogP contribution in [0.2, 0.25) is 0 Å². The Balaban J connectivity index is 1.53. The molecule has 0 N–H and O–H groups in total. The zero-order chi connectivity index (χ0) is 20.8. The summed E-state index contributed by atoms with van der Waals surface area (Å²) < 4.78 is 13.4. The molecule has 1 aromatic carbocycles. The maximum absolute atomic E-state index is 13.4. The van der Waals surface area contributed by atoms with Crippen LogP contribution in [0.3, 0.4) is 0 Å². The third-order valence-corrected chi connectivity index (χ3v) is 5.81. The minimum absolute atomic E-state index is 0.0502. The zero-order valence-corrected chi connectivity index (χ0v) is 17.4. The van der Waals surface area contributed by atoms with Crippen molar-refractivity contribution in [2.75, 3.05) is 39.8 Å². The van der Waals surface area contributed by atoms with Crippen molar-refractivity contribution in [3.63, 3.8) is 0 Å². The van der Waals surface area contributed by atoms with Crippen LogP contribution in [-0.2, 0) is 16.0 Å². The molecule has 2 aliphatic rings. The smallest absolute Gasteiger partial charge is 0.270 e. The van der Waals surface area contributed by atoms with Crippen LogP contribution in [0.4, 0.5) is 4.39 Å². The first-order chi connectivity index (χ1) is 14.0. The normalized spacial score (nSPS) is 20.5. The fraction of sp³-hybridized carbons (Fsp3) is 0.591. The molecule has 29 heavy (non-hydrogen) atoms. The lowest BCUT2D eigenvalue weighted by Crippen LogP contribution is -2.46. The summed E-state index contributed by atoms with van der Waals surface area (Å²) in [5.74, 6) is 0.132. The Hall–Kier alpha value is -2.28. The van der Waals surface area contributed by atoms with Gasteiger partial charge in [0.15, 0.2) is 0 Å². The van der Waals surface area contributed by atoms with Gasteiger partial charge in [0.1, 0.15) is 11.5 Å². The summed E-state index contributed by atoms with van der Waals surface area (Å²) in [5, 5.41) is 5.46. The van der Waals surface area contributed by atoms with E-state index in [1.807, 2.05) is 17.9 Å². The number of benzene rings is 1. The predicted molar refractivity (Wildman–Crippen MR) is 111 cm³/mol. The van der Waals surface area contributed by atoms with E-state index in [0.717, 1.165) is 44.5 Å². The molecule has 158 valence electrons. The monoisotopic (exact) mass is 402 g/mol. The average Bonchev–Trinajstić information content (AvgIpc) is 2.72. The third-order valence-electron chi connectivity index (χ3n) is 5.81. The Bertz CT molecular complexity index is 767. The number of hydrogen-bond donors (Lipinski definition) is 0. The summed E-state index contributed by atoms with van der Waals surface area (Å²) in [7, 11) is 1.60. The molecule has 1 saturated heterocycles. The molecule has 1 aromatic rings.